The number of carboxylic acid groups (broad SMARTS) is 1. The molecule has 0 unspecified atom stereocenters. The lowest BCUT2D eigenvalue weighted by Crippen LogP contribution is -2.48. The Hall–Kier alpha value is -1.89. The van der Waals surface area contributed by atoms with Gasteiger partial charge in [-0.25, -0.2) is 0 Å². The average molecular weight is 346 g/mol. The molecule has 1 aliphatic heterocycles. The lowest BCUT2D eigenvalue weighted by molar-refractivity contribution is -0.144. The predicted octanol–water partition coefficient (Wildman–Crippen LogP) is 2.70. The van der Waals surface area contributed by atoms with Gasteiger partial charge in [0, 0.05) is 38.3 Å². The summed E-state index contributed by atoms with van der Waals surface area (Å²) in [6, 6.07) is 9.41. The minimum Gasteiger partial charge on any atom is -0.496 e. The number of ether oxygens (including phenoxy) is 1. The third kappa shape index (κ3) is 3.77. The van der Waals surface area contributed by atoms with Gasteiger partial charge in [0.25, 0.3) is 0 Å². The molecular weight excluding hydrogens is 324 g/mol. The van der Waals surface area contributed by atoms with Crippen LogP contribution in [0.1, 0.15) is 17.2 Å². The summed E-state index contributed by atoms with van der Waals surface area (Å²) in [6.45, 7) is 4.04. The Morgan fingerprint density at radius 1 is 1.25 bits per heavy atom. The molecule has 1 aliphatic rings. The monoisotopic (exact) mass is 346 g/mol. The van der Waals surface area contributed by atoms with Crippen LogP contribution in [0.3, 0.4) is 0 Å². The van der Waals surface area contributed by atoms with Crippen molar-refractivity contribution in [3.63, 3.8) is 0 Å². The summed E-state index contributed by atoms with van der Waals surface area (Å²) >= 11 is 1.54. The van der Waals surface area contributed by atoms with Crippen molar-refractivity contribution in [3.8, 4) is 5.75 Å². The molecule has 1 N–H and O–H groups in total. The van der Waals surface area contributed by atoms with Crippen LogP contribution in [0.2, 0.25) is 0 Å². The first-order valence-corrected chi connectivity index (χ1v) is 8.96. The molecule has 1 atom stereocenters. The van der Waals surface area contributed by atoms with E-state index in [2.05, 4.69) is 15.9 Å². The number of benzene rings is 1. The Morgan fingerprint density at radius 3 is 2.62 bits per heavy atom. The van der Waals surface area contributed by atoms with E-state index in [1.54, 1.807) is 18.4 Å². The van der Waals surface area contributed by atoms with E-state index < -0.39 is 12.0 Å². The molecular formula is C18H22N2O3S. The van der Waals surface area contributed by atoms with Gasteiger partial charge in [-0.05, 0) is 28.5 Å². The smallest absolute Gasteiger partial charge is 0.325 e. The normalized spacial score (nSPS) is 17.5. The highest BCUT2D eigenvalue weighted by Crippen LogP contribution is 2.26. The predicted molar refractivity (Wildman–Crippen MR) is 94.5 cm³/mol. The van der Waals surface area contributed by atoms with Crippen LogP contribution in [0.4, 0.5) is 0 Å². The standard InChI is InChI=1S/C18H22N2O3S/c1-23-16-5-3-2-4-14(16)12-19-7-9-20(10-8-19)17(18(21)22)15-6-11-24-13-15/h2-6,11,13,17H,7-10,12H2,1H3,(H,21,22)/t17-/m1/s1. The lowest BCUT2D eigenvalue weighted by atomic mass is 10.1. The van der Waals surface area contributed by atoms with Gasteiger partial charge in [0.2, 0.25) is 0 Å². The largest absolute Gasteiger partial charge is 0.496 e. The molecule has 0 amide bonds. The molecule has 2 aromatic rings. The fourth-order valence-electron chi connectivity index (χ4n) is 3.19. The zero-order valence-corrected chi connectivity index (χ0v) is 14.5. The van der Waals surface area contributed by atoms with Crippen molar-refractivity contribution in [2.75, 3.05) is 33.3 Å². The summed E-state index contributed by atoms with van der Waals surface area (Å²) in [7, 11) is 1.69. The quantitative estimate of drug-likeness (QED) is 0.872. The van der Waals surface area contributed by atoms with Gasteiger partial charge in [-0.2, -0.15) is 11.3 Å². The van der Waals surface area contributed by atoms with Crippen molar-refractivity contribution in [3.05, 3.63) is 52.2 Å². The van der Waals surface area contributed by atoms with Crippen LogP contribution in [-0.2, 0) is 11.3 Å². The SMILES string of the molecule is COc1ccccc1CN1CCN([C@@H](C(=O)O)c2ccsc2)CC1. The Labute approximate surface area is 146 Å². The average Bonchev–Trinajstić information content (AvgIpc) is 3.11. The zero-order chi connectivity index (χ0) is 16.9. The minimum atomic E-state index is -0.772. The molecule has 0 bridgehead atoms. The van der Waals surface area contributed by atoms with E-state index >= 15 is 0 Å². The van der Waals surface area contributed by atoms with Crippen molar-refractivity contribution < 1.29 is 14.6 Å². The van der Waals surface area contributed by atoms with Crippen LogP contribution >= 0.6 is 11.3 Å². The summed E-state index contributed by atoms with van der Waals surface area (Å²) in [4.78, 5) is 16.1. The number of hydrogen-bond donors (Lipinski definition) is 1. The second kappa shape index (κ2) is 7.79. The molecule has 1 saturated heterocycles. The number of aliphatic carboxylic acids is 1. The summed E-state index contributed by atoms with van der Waals surface area (Å²) in [5, 5.41) is 13.5. The number of methoxy groups -OCH3 is 1. The first kappa shape index (κ1) is 17.0. The van der Waals surface area contributed by atoms with Crippen molar-refractivity contribution in [2.45, 2.75) is 12.6 Å². The van der Waals surface area contributed by atoms with E-state index in [9.17, 15) is 9.90 Å². The maximum absolute atomic E-state index is 11.7. The Bertz CT molecular complexity index is 667. The molecule has 24 heavy (non-hydrogen) atoms. The summed E-state index contributed by atoms with van der Waals surface area (Å²) in [5.74, 6) is 0.133. The van der Waals surface area contributed by atoms with E-state index in [0.29, 0.717) is 0 Å². The van der Waals surface area contributed by atoms with E-state index in [1.807, 2.05) is 35.0 Å². The van der Waals surface area contributed by atoms with Crippen LogP contribution in [0.25, 0.3) is 0 Å². The number of hydrogen-bond acceptors (Lipinski definition) is 5. The van der Waals surface area contributed by atoms with Gasteiger partial charge >= 0.3 is 5.97 Å². The van der Waals surface area contributed by atoms with Crippen molar-refractivity contribution in [1.82, 2.24) is 9.80 Å². The third-order valence-electron chi connectivity index (χ3n) is 4.45. The molecule has 1 aromatic carbocycles. The van der Waals surface area contributed by atoms with E-state index in [1.165, 1.54) is 5.56 Å². The number of thiophene rings is 1. The summed E-state index contributed by atoms with van der Waals surface area (Å²) < 4.78 is 5.41. The van der Waals surface area contributed by atoms with Crippen molar-refractivity contribution >= 4 is 17.3 Å². The van der Waals surface area contributed by atoms with Gasteiger partial charge < -0.3 is 9.84 Å². The second-order valence-corrected chi connectivity index (χ2v) is 6.70. The van der Waals surface area contributed by atoms with Crippen LogP contribution in [0.15, 0.2) is 41.1 Å². The summed E-state index contributed by atoms with van der Waals surface area (Å²) in [5.41, 5.74) is 2.05. The second-order valence-electron chi connectivity index (χ2n) is 5.92. The van der Waals surface area contributed by atoms with Gasteiger partial charge in [-0.15, -0.1) is 0 Å². The molecule has 1 fully saturated rings. The van der Waals surface area contributed by atoms with Gasteiger partial charge in [-0.1, -0.05) is 18.2 Å². The Balaban J connectivity index is 1.62. The van der Waals surface area contributed by atoms with Crippen molar-refractivity contribution in [1.29, 1.82) is 0 Å². The highest BCUT2D eigenvalue weighted by molar-refractivity contribution is 7.08. The molecule has 3 rings (SSSR count). The highest BCUT2D eigenvalue weighted by Gasteiger charge is 2.30. The number of carboxylic acids is 1. The topological polar surface area (TPSA) is 53.0 Å². The van der Waals surface area contributed by atoms with Gasteiger partial charge in [-0.3, -0.25) is 14.6 Å². The summed E-state index contributed by atoms with van der Waals surface area (Å²) in [6.07, 6.45) is 0. The van der Waals surface area contributed by atoms with Gasteiger partial charge in [0.15, 0.2) is 0 Å². The maximum Gasteiger partial charge on any atom is 0.325 e. The fourth-order valence-corrected chi connectivity index (χ4v) is 3.87. The number of nitrogens with zero attached hydrogens (tertiary/aromatic N) is 2. The number of para-hydroxylation sites is 1. The fraction of sp³-hybridized carbons (Fsp3) is 0.389. The molecule has 0 aliphatic carbocycles. The molecule has 0 saturated carbocycles. The lowest BCUT2D eigenvalue weighted by Gasteiger charge is -2.37. The Kier molecular flexibility index (Phi) is 5.50. The van der Waals surface area contributed by atoms with E-state index in [0.717, 1.165) is 44.0 Å². The molecule has 0 radical (unpaired) electrons. The van der Waals surface area contributed by atoms with Crippen LogP contribution in [0, 0.1) is 0 Å². The number of carbonyl (C=O) groups is 1. The van der Waals surface area contributed by atoms with Gasteiger partial charge in [0.05, 0.1) is 7.11 Å². The van der Waals surface area contributed by atoms with Crippen LogP contribution in [-0.4, -0.2) is 54.2 Å². The van der Waals surface area contributed by atoms with Gasteiger partial charge in [0.1, 0.15) is 11.8 Å². The first-order valence-electron chi connectivity index (χ1n) is 8.02. The number of rotatable bonds is 6. The Morgan fingerprint density at radius 2 is 2.00 bits per heavy atom. The molecule has 1 aromatic heterocycles. The third-order valence-corrected chi connectivity index (χ3v) is 5.15. The molecule has 0 spiro atoms. The molecule has 6 heteroatoms. The maximum atomic E-state index is 11.7. The van der Waals surface area contributed by atoms with E-state index in [-0.39, 0.29) is 0 Å². The van der Waals surface area contributed by atoms with Crippen LogP contribution < -0.4 is 4.74 Å². The first-order chi connectivity index (χ1) is 11.7. The zero-order valence-electron chi connectivity index (χ0n) is 13.7. The molecule has 5 nitrogen and oxygen atoms in total. The van der Waals surface area contributed by atoms with Crippen LogP contribution in [0.5, 0.6) is 5.75 Å². The van der Waals surface area contributed by atoms with E-state index in [4.69, 9.17) is 4.74 Å². The number of piperazine rings is 1. The highest BCUT2D eigenvalue weighted by atomic mass is 32.1. The molecule has 128 valence electrons. The minimum absolute atomic E-state index is 0.537. The van der Waals surface area contributed by atoms with Crippen molar-refractivity contribution in [2.24, 2.45) is 0 Å². The molecule has 2 heterocycles.